The fraction of sp³-hybridized carbons (Fsp3) is 0.333. The number of nitrogens with one attached hydrogen (secondary N) is 1. The Morgan fingerprint density at radius 3 is 2.68 bits per heavy atom. The second-order valence-corrected chi connectivity index (χ2v) is 7.09. The van der Waals surface area contributed by atoms with Crippen LogP contribution in [0.3, 0.4) is 0 Å². The molecule has 0 aliphatic carbocycles. The summed E-state index contributed by atoms with van der Waals surface area (Å²) in [4.78, 5) is 1.20. The lowest BCUT2D eigenvalue weighted by Crippen LogP contribution is -2.22. The van der Waals surface area contributed by atoms with E-state index in [9.17, 15) is 4.39 Å². The van der Waals surface area contributed by atoms with Gasteiger partial charge in [-0.15, -0.1) is 11.3 Å². The van der Waals surface area contributed by atoms with Crippen LogP contribution in [0.4, 0.5) is 4.39 Å². The third-order valence-corrected chi connectivity index (χ3v) is 4.56. The van der Waals surface area contributed by atoms with Gasteiger partial charge in [-0.1, -0.05) is 13.0 Å². The Labute approximate surface area is 126 Å². The first-order chi connectivity index (χ1) is 9.10. The predicted molar refractivity (Wildman–Crippen MR) is 83.3 cm³/mol. The molecule has 0 amide bonds. The van der Waals surface area contributed by atoms with E-state index in [1.165, 1.54) is 4.88 Å². The molecule has 0 aliphatic heterocycles. The van der Waals surface area contributed by atoms with Gasteiger partial charge in [-0.05, 0) is 71.2 Å². The third-order valence-electron chi connectivity index (χ3n) is 2.87. The van der Waals surface area contributed by atoms with Crippen LogP contribution in [0.25, 0.3) is 0 Å². The zero-order valence-corrected chi connectivity index (χ0v) is 13.4. The number of thiophene rings is 1. The molecule has 0 fully saturated rings. The Kier molecular flexibility index (Phi) is 5.13. The Bertz CT molecular complexity index is 533. The summed E-state index contributed by atoms with van der Waals surface area (Å²) >= 11 is 5.17. The lowest BCUT2D eigenvalue weighted by atomic mass is 10.0. The maximum absolute atomic E-state index is 13.6. The average molecular weight is 342 g/mol. The van der Waals surface area contributed by atoms with E-state index >= 15 is 0 Å². The van der Waals surface area contributed by atoms with E-state index in [1.54, 1.807) is 23.5 Å². The molecule has 0 radical (unpaired) electrons. The highest BCUT2D eigenvalue weighted by Crippen LogP contribution is 2.32. The molecule has 0 saturated carbocycles. The van der Waals surface area contributed by atoms with Crippen molar-refractivity contribution in [2.75, 3.05) is 6.54 Å². The maximum Gasteiger partial charge on any atom is 0.123 e. The molecule has 1 atom stereocenters. The summed E-state index contributed by atoms with van der Waals surface area (Å²) < 4.78 is 14.7. The molecule has 1 nitrogen and oxygen atoms in total. The second-order valence-electron chi connectivity index (χ2n) is 4.59. The van der Waals surface area contributed by atoms with E-state index in [0.717, 1.165) is 27.9 Å². The normalized spacial score (nSPS) is 12.6. The van der Waals surface area contributed by atoms with Crippen LogP contribution in [0.5, 0.6) is 0 Å². The standard InChI is InChI=1S/C15H17BrFNS/c1-3-6-18-15(13-4-5-14(16)19-13)11-7-10(2)8-12(17)9-11/h4-5,7-9,15,18H,3,6H2,1-2H3. The summed E-state index contributed by atoms with van der Waals surface area (Å²) in [5.41, 5.74) is 1.94. The Balaban J connectivity index is 2.36. The Morgan fingerprint density at radius 2 is 2.11 bits per heavy atom. The van der Waals surface area contributed by atoms with Crippen LogP contribution in [0.15, 0.2) is 34.1 Å². The molecule has 2 rings (SSSR count). The van der Waals surface area contributed by atoms with Crippen molar-refractivity contribution in [3.05, 3.63) is 55.9 Å². The molecule has 0 spiro atoms. The van der Waals surface area contributed by atoms with Gasteiger partial charge in [0.1, 0.15) is 5.82 Å². The fourth-order valence-electron chi connectivity index (χ4n) is 2.09. The third kappa shape index (κ3) is 3.88. The molecule has 1 unspecified atom stereocenters. The van der Waals surface area contributed by atoms with Crippen LogP contribution >= 0.6 is 27.3 Å². The number of rotatable bonds is 5. The number of aryl methyl sites for hydroxylation is 1. The van der Waals surface area contributed by atoms with E-state index in [4.69, 9.17) is 0 Å². The monoisotopic (exact) mass is 341 g/mol. The summed E-state index contributed by atoms with van der Waals surface area (Å²) in [6.07, 6.45) is 1.05. The van der Waals surface area contributed by atoms with E-state index < -0.39 is 0 Å². The molecule has 4 heteroatoms. The summed E-state index contributed by atoms with van der Waals surface area (Å²) in [7, 11) is 0. The highest BCUT2D eigenvalue weighted by molar-refractivity contribution is 9.11. The smallest absolute Gasteiger partial charge is 0.123 e. The van der Waals surface area contributed by atoms with E-state index in [-0.39, 0.29) is 11.9 Å². The first-order valence-electron chi connectivity index (χ1n) is 6.36. The minimum atomic E-state index is -0.172. The van der Waals surface area contributed by atoms with E-state index in [2.05, 4.69) is 34.2 Å². The SMILES string of the molecule is CCCNC(c1cc(C)cc(F)c1)c1ccc(Br)s1. The lowest BCUT2D eigenvalue weighted by molar-refractivity contribution is 0.590. The summed E-state index contributed by atoms with van der Waals surface area (Å²) in [6.45, 7) is 4.97. The first-order valence-corrected chi connectivity index (χ1v) is 7.97. The molecule has 0 bridgehead atoms. The minimum absolute atomic E-state index is 0.0608. The molecule has 0 saturated heterocycles. The number of hydrogen-bond donors (Lipinski definition) is 1. The molecule has 1 aromatic carbocycles. The number of halogens is 2. The predicted octanol–water partition coefficient (Wildman–Crippen LogP) is 5.05. The molecule has 2 aromatic rings. The Morgan fingerprint density at radius 1 is 1.32 bits per heavy atom. The van der Waals surface area contributed by atoms with Crippen molar-refractivity contribution < 1.29 is 4.39 Å². The first kappa shape index (κ1) is 14.7. The van der Waals surface area contributed by atoms with Gasteiger partial charge in [0.2, 0.25) is 0 Å². The Hall–Kier alpha value is -0.710. The van der Waals surface area contributed by atoms with Gasteiger partial charge < -0.3 is 5.32 Å². The van der Waals surface area contributed by atoms with Crippen molar-refractivity contribution in [2.45, 2.75) is 26.3 Å². The van der Waals surface area contributed by atoms with Gasteiger partial charge in [0.15, 0.2) is 0 Å². The fourth-order valence-corrected chi connectivity index (χ4v) is 3.61. The van der Waals surface area contributed by atoms with Gasteiger partial charge in [-0.25, -0.2) is 4.39 Å². The van der Waals surface area contributed by atoms with Crippen molar-refractivity contribution >= 4 is 27.3 Å². The summed E-state index contributed by atoms with van der Waals surface area (Å²) in [5.74, 6) is -0.172. The van der Waals surface area contributed by atoms with Crippen LogP contribution in [-0.2, 0) is 0 Å². The summed E-state index contributed by atoms with van der Waals surface area (Å²) in [5, 5.41) is 3.49. The van der Waals surface area contributed by atoms with Crippen LogP contribution in [0, 0.1) is 12.7 Å². The molecule has 19 heavy (non-hydrogen) atoms. The molecule has 0 aliphatic rings. The average Bonchev–Trinajstić information content (AvgIpc) is 2.75. The van der Waals surface area contributed by atoms with Gasteiger partial charge in [0.05, 0.1) is 9.83 Å². The van der Waals surface area contributed by atoms with Gasteiger partial charge >= 0.3 is 0 Å². The van der Waals surface area contributed by atoms with Crippen LogP contribution in [-0.4, -0.2) is 6.54 Å². The van der Waals surface area contributed by atoms with Crippen molar-refractivity contribution in [3.8, 4) is 0 Å². The zero-order valence-electron chi connectivity index (χ0n) is 11.0. The molecular weight excluding hydrogens is 325 g/mol. The van der Waals surface area contributed by atoms with Crippen LogP contribution < -0.4 is 5.32 Å². The summed E-state index contributed by atoms with van der Waals surface area (Å²) in [6, 6.07) is 9.41. The highest BCUT2D eigenvalue weighted by atomic mass is 79.9. The topological polar surface area (TPSA) is 12.0 Å². The minimum Gasteiger partial charge on any atom is -0.306 e. The van der Waals surface area contributed by atoms with Crippen LogP contribution in [0.1, 0.15) is 35.4 Å². The molecular formula is C15H17BrFNS. The molecule has 1 heterocycles. The molecule has 102 valence electrons. The molecule has 1 N–H and O–H groups in total. The van der Waals surface area contributed by atoms with Crippen molar-refractivity contribution in [2.24, 2.45) is 0 Å². The van der Waals surface area contributed by atoms with Crippen molar-refractivity contribution in [3.63, 3.8) is 0 Å². The number of benzene rings is 1. The van der Waals surface area contributed by atoms with Gasteiger partial charge in [-0.2, -0.15) is 0 Å². The van der Waals surface area contributed by atoms with E-state index in [1.807, 2.05) is 19.1 Å². The van der Waals surface area contributed by atoms with E-state index in [0.29, 0.717) is 0 Å². The van der Waals surface area contributed by atoms with Crippen LogP contribution in [0.2, 0.25) is 0 Å². The second kappa shape index (κ2) is 6.64. The van der Waals surface area contributed by atoms with Gasteiger partial charge in [0, 0.05) is 4.88 Å². The maximum atomic E-state index is 13.6. The largest absolute Gasteiger partial charge is 0.306 e. The zero-order chi connectivity index (χ0) is 13.8. The van der Waals surface area contributed by atoms with Crippen molar-refractivity contribution in [1.29, 1.82) is 0 Å². The number of hydrogen-bond acceptors (Lipinski definition) is 2. The van der Waals surface area contributed by atoms with Gasteiger partial charge in [0.25, 0.3) is 0 Å². The lowest BCUT2D eigenvalue weighted by Gasteiger charge is -2.18. The molecule has 1 aromatic heterocycles. The van der Waals surface area contributed by atoms with Gasteiger partial charge in [-0.3, -0.25) is 0 Å². The van der Waals surface area contributed by atoms with Crippen molar-refractivity contribution in [1.82, 2.24) is 5.32 Å². The highest BCUT2D eigenvalue weighted by Gasteiger charge is 2.16. The quantitative estimate of drug-likeness (QED) is 0.802.